The van der Waals surface area contributed by atoms with Gasteiger partial charge in [-0.15, -0.1) is 10.2 Å². The largest absolute Gasteiger partial charge is 0.480 e. The van der Waals surface area contributed by atoms with E-state index in [-0.39, 0.29) is 31.6 Å². The molecule has 0 bridgehead atoms. The van der Waals surface area contributed by atoms with Gasteiger partial charge >= 0.3 is 12.0 Å². The number of aromatic amines is 1. The lowest BCUT2D eigenvalue weighted by Gasteiger charge is -2.44. The fourth-order valence-corrected chi connectivity index (χ4v) is 6.66. The van der Waals surface area contributed by atoms with Crippen molar-refractivity contribution in [3.63, 3.8) is 0 Å². The van der Waals surface area contributed by atoms with Gasteiger partial charge in [0.25, 0.3) is 0 Å². The zero-order chi connectivity index (χ0) is 35.1. The highest BCUT2D eigenvalue weighted by Gasteiger charge is 2.46. The molecule has 2 heterocycles. The van der Waals surface area contributed by atoms with E-state index >= 15 is 0 Å². The summed E-state index contributed by atoms with van der Waals surface area (Å²) in [7, 11) is 0. The van der Waals surface area contributed by atoms with Crippen molar-refractivity contribution in [1.82, 2.24) is 35.3 Å². The van der Waals surface area contributed by atoms with Crippen molar-refractivity contribution in [2.24, 2.45) is 0 Å². The highest BCUT2D eigenvalue weighted by Crippen LogP contribution is 2.35. The summed E-state index contributed by atoms with van der Waals surface area (Å²) in [6.07, 6.45) is 1.70. The maximum absolute atomic E-state index is 14.5. The molecule has 0 unspecified atom stereocenters. The zero-order valence-electron chi connectivity index (χ0n) is 28.3. The molecule has 3 amide bonds. The molecule has 6 rings (SSSR count). The van der Waals surface area contributed by atoms with E-state index in [0.717, 1.165) is 46.2 Å². The summed E-state index contributed by atoms with van der Waals surface area (Å²) in [5.41, 5.74) is 4.16. The van der Waals surface area contributed by atoms with Crippen LogP contribution in [0.15, 0.2) is 109 Å². The minimum atomic E-state index is -1.20. The third-order valence-electron chi connectivity index (χ3n) is 9.53. The molecule has 0 saturated carbocycles. The summed E-state index contributed by atoms with van der Waals surface area (Å²) in [5.74, 6) is -0.943. The summed E-state index contributed by atoms with van der Waals surface area (Å²) in [4.78, 5) is 46.1. The number of hydrogen-bond acceptors (Lipinski definition) is 6. The van der Waals surface area contributed by atoms with Crippen molar-refractivity contribution in [3.8, 4) is 22.5 Å². The number of aliphatic carboxylic acids is 1. The van der Waals surface area contributed by atoms with Crippen molar-refractivity contribution in [3.05, 3.63) is 126 Å². The Hall–Kier alpha value is -5.84. The Bertz CT molecular complexity index is 1860. The molecule has 1 saturated heterocycles. The minimum Gasteiger partial charge on any atom is -0.480 e. The van der Waals surface area contributed by atoms with Gasteiger partial charge in [-0.05, 0) is 46.4 Å². The number of unbranched alkanes of at least 4 members (excludes halogenated alkanes) is 1. The van der Waals surface area contributed by atoms with Crippen LogP contribution in [-0.2, 0) is 21.5 Å². The third-order valence-corrected chi connectivity index (χ3v) is 9.53. The number of tetrazole rings is 1. The normalized spacial score (nSPS) is 14.7. The third kappa shape index (κ3) is 6.98. The van der Waals surface area contributed by atoms with Gasteiger partial charge in [0, 0.05) is 31.7 Å². The van der Waals surface area contributed by atoms with E-state index in [4.69, 9.17) is 0 Å². The van der Waals surface area contributed by atoms with E-state index in [1.54, 1.807) is 9.80 Å². The molecular formula is C39H41N7O4. The van der Waals surface area contributed by atoms with Crippen LogP contribution in [0.25, 0.3) is 22.5 Å². The average molecular weight is 672 g/mol. The Morgan fingerprint density at radius 3 is 2.06 bits per heavy atom. The highest BCUT2D eigenvalue weighted by atomic mass is 16.4. The SMILES string of the molecule is CCCCN(Cc1ccc(-c2ccccc2-c2nn[nH]n2)cc1)C(=O)N1CCN(C(=O)C(C)(c2ccccc2)c2ccccc2)[C@@H](C(=O)O)C1. The number of carboxylic acids is 1. The number of carboxylic acid groups (broad SMARTS) is 1. The van der Waals surface area contributed by atoms with Gasteiger partial charge in [0.15, 0.2) is 0 Å². The number of hydrogen-bond donors (Lipinski definition) is 2. The molecule has 4 aromatic carbocycles. The van der Waals surface area contributed by atoms with E-state index in [9.17, 15) is 19.5 Å². The quantitative estimate of drug-likeness (QED) is 0.180. The van der Waals surface area contributed by atoms with Crippen LogP contribution in [0.1, 0.15) is 43.4 Å². The number of benzene rings is 4. The molecular weight excluding hydrogens is 630 g/mol. The lowest BCUT2D eigenvalue weighted by Crippen LogP contribution is -2.63. The van der Waals surface area contributed by atoms with Crippen molar-refractivity contribution < 1.29 is 19.5 Å². The van der Waals surface area contributed by atoms with Gasteiger partial charge in [0.1, 0.15) is 6.04 Å². The smallest absolute Gasteiger partial charge is 0.328 e. The van der Waals surface area contributed by atoms with E-state index in [1.165, 1.54) is 4.90 Å². The van der Waals surface area contributed by atoms with Gasteiger partial charge in [-0.3, -0.25) is 4.79 Å². The number of amides is 3. The van der Waals surface area contributed by atoms with Crippen LogP contribution in [0.4, 0.5) is 4.79 Å². The first-order valence-corrected chi connectivity index (χ1v) is 16.9. The summed E-state index contributed by atoms with van der Waals surface area (Å²) in [5, 5.41) is 24.9. The second kappa shape index (κ2) is 15.1. The average Bonchev–Trinajstić information content (AvgIpc) is 3.71. The molecule has 1 aromatic heterocycles. The lowest BCUT2D eigenvalue weighted by molar-refractivity contribution is -0.155. The summed E-state index contributed by atoms with van der Waals surface area (Å²) < 4.78 is 0. The maximum atomic E-state index is 14.5. The first kappa shape index (κ1) is 34.0. The van der Waals surface area contributed by atoms with Crippen molar-refractivity contribution >= 4 is 17.9 Å². The molecule has 0 radical (unpaired) electrons. The summed E-state index contributed by atoms with van der Waals surface area (Å²) in [6.45, 7) is 5.03. The number of nitrogens with one attached hydrogen (secondary N) is 1. The number of H-pyrrole nitrogens is 1. The Morgan fingerprint density at radius 2 is 1.48 bits per heavy atom. The molecule has 1 fully saturated rings. The van der Waals surface area contributed by atoms with Crippen LogP contribution in [-0.4, -0.2) is 90.6 Å². The Balaban J connectivity index is 1.21. The molecule has 1 atom stereocenters. The fraction of sp³-hybridized carbons (Fsp3) is 0.282. The molecule has 11 heteroatoms. The Labute approximate surface area is 291 Å². The summed E-state index contributed by atoms with van der Waals surface area (Å²) in [6, 6.07) is 33.3. The topological polar surface area (TPSA) is 136 Å². The first-order chi connectivity index (χ1) is 24.3. The van der Waals surface area contributed by atoms with Gasteiger partial charge < -0.3 is 19.8 Å². The molecule has 2 N–H and O–H groups in total. The van der Waals surface area contributed by atoms with E-state index in [0.29, 0.717) is 18.9 Å². The number of piperazine rings is 1. The predicted octanol–water partition coefficient (Wildman–Crippen LogP) is 5.86. The molecule has 50 heavy (non-hydrogen) atoms. The van der Waals surface area contributed by atoms with Crippen molar-refractivity contribution in [1.29, 1.82) is 0 Å². The van der Waals surface area contributed by atoms with Crippen molar-refractivity contribution in [2.45, 2.75) is 44.7 Å². The number of urea groups is 1. The molecule has 0 aliphatic carbocycles. The predicted molar refractivity (Wildman–Crippen MR) is 190 cm³/mol. The van der Waals surface area contributed by atoms with Gasteiger partial charge in [0.05, 0.1) is 12.0 Å². The number of aromatic nitrogens is 4. The standard InChI is InChI=1S/C39H41N7O4/c1-3-4-23-44(26-28-19-21-29(22-20-28)32-17-11-12-18-33(32)35-40-42-43-41-35)38(50)45-24-25-46(34(27-45)36(47)48)37(49)39(2,30-13-7-5-8-14-30)31-15-9-6-10-16-31/h5-22,34H,3-4,23-27H2,1-2H3,(H,47,48)(H,40,41,42,43)/t34-/m1/s1. The second-order valence-electron chi connectivity index (χ2n) is 12.7. The Morgan fingerprint density at radius 1 is 0.860 bits per heavy atom. The minimum absolute atomic E-state index is 0.103. The molecule has 5 aromatic rings. The Kier molecular flexibility index (Phi) is 10.3. The van der Waals surface area contributed by atoms with Gasteiger partial charge in [0.2, 0.25) is 11.7 Å². The first-order valence-electron chi connectivity index (χ1n) is 16.9. The van der Waals surface area contributed by atoms with Gasteiger partial charge in [-0.2, -0.15) is 5.21 Å². The molecule has 256 valence electrons. The summed E-state index contributed by atoms with van der Waals surface area (Å²) >= 11 is 0. The van der Waals surface area contributed by atoms with Gasteiger partial charge in [-0.25, -0.2) is 9.59 Å². The monoisotopic (exact) mass is 671 g/mol. The molecule has 0 spiro atoms. The van der Waals surface area contributed by atoms with Gasteiger partial charge in [-0.1, -0.05) is 123 Å². The van der Waals surface area contributed by atoms with Crippen LogP contribution in [0.3, 0.4) is 0 Å². The fourth-order valence-electron chi connectivity index (χ4n) is 6.66. The van der Waals surface area contributed by atoms with E-state index in [2.05, 4.69) is 27.5 Å². The zero-order valence-corrected chi connectivity index (χ0v) is 28.3. The van der Waals surface area contributed by atoms with E-state index < -0.39 is 17.4 Å². The molecule has 1 aliphatic heterocycles. The number of carbonyl (C=O) groups excluding carboxylic acids is 2. The highest BCUT2D eigenvalue weighted by molar-refractivity contribution is 5.95. The number of carbonyl (C=O) groups is 3. The molecule has 1 aliphatic rings. The maximum Gasteiger partial charge on any atom is 0.328 e. The van der Waals surface area contributed by atoms with Crippen LogP contribution in [0.5, 0.6) is 0 Å². The number of nitrogens with zero attached hydrogens (tertiary/aromatic N) is 6. The van der Waals surface area contributed by atoms with Crippen LogP contribution >= 0.6 is 0 Å². The van der Waals surface area contributed by atoms with E-state index in [1.807, 2.05) is 116 Å². The van der Waals surface area contributed by atoms with Crippen LogP contribution in [0, 0.1) is 0 Å². The second-order valence-corrected chi connectivity index (χ2v) is 12.7. The van der Waals surface area contributed by atoms with Crippen molar-refractivity contribution in [2.75, 3.05) is 26.2 Å². The lowest BCUT2D eigenvalue weighted by atomic mass is 9.74. The van der Waals surface area contributed by atoms with Crippen LogP contribution in [0.2, 0.25) is 0 Å². The number of rotatable bonds is 11. The van der Waals surface area contributed by atoms with Crippen LogP contribution < -0.4 is 0 Å². The molecule has 11 nitrogen and oxygen atoms in total.